The lowest BCUT2D eigenvalue weighted by atomic mass is 10.1. The van der Waals surface area contributed by atoms with E-state index in [9.17, 15) is 0 Å². The minimum Gasteiger partial charge on any atom is -0.382 e. The van der Waals surface area contributed by atoms with E-state index in [4.69, 9.17) is 16.3 Å². The average molecular weight is 292 g/mol. The maximum Gasteiger partial charge on any atom is 0.0476 e. The Bertz CT molecular complexity index is 291. The van der Waals surface area contributed by atoms with Gasteiger partial charge in [-0.15, -0.1) is 0 Å². The highest BCUT2D eigenvalue weighted by Gasteiger charge is 2.07. The third-order valence-corrected chi connectivity index (χ3v) is 3.33. The molecule has 84 valence electrons. The van der Waals surface area contributed by atoms with Gasteiger partial charge in [-0.2, -0.15) is 0 Å². The highest BCUT2D eigenvalue weighted by molar-refractivity contribution is 9.09. The van der Waals surface area contributed by atoms with Gasteiger partial charge >= 0.3 is 0 Å². The molecule has 0 aliphatic rings. The van der Waals surface area contributed by atoms with Crippen LogP contribution < -0.4 is 0 Å². The van der Waals surface area contributed by atoms with Crippen LogP contribution in [0.3, 0.4) is 0 Å². The molecule has 3 heteroatoms. The van der Waals surface area contributed by atoms with Gasteiger partial charge < -0.3 is 4.74 Å². The molecule has 15 heavy (non-hydrogen) atoms. The molecule has 0 bridgehead atoms. The first-order valence-electron chi connectivity index (χ1n) is 5.19. The summed E-state index contributed by atoms with van der Waals surface area (Å²) in [6.07, 6.45) is 1.96. The Balaban J connectivity index is 2.37. The molecule has 1 rings (SSSR count). The molecule has 0 aliphatic heterocycles. The van der Waals surface area contributed by atoms with Crippen molar-refractivity contribution in [1.82, 2.24) is 0 Å². The number of hydrogen-bond acceptors (Lipinski definition) is 1. The predicted molar refractivity (Wildman–Crippen MR) is 69.0 cm³/mol. The quantitative estimate of drug-likeness (QED) is 0.567. The fourth-order valence-corrected chi connectivity index (χ4v) is 2.11. The van der Waals surface area contributed by atoms with Crippen LogP contribution in [0.15, 0.2) is 24.3 Å². The van der Waals surface area contributed by atoms with Crippen molar-refractivity contribution in [2.24, 2.45) is 0 Å². The normalized spacial score (nSPS) is 12.7. The van der Waals surface area contributed by atoms with Crippen molar-refractivity contribution in [3.05, 3.63) is 34.9 Å². The fraction of sp³-hybridized carbons (Fsp3) is 0.500. The van der Waals surface area contributed by atoms with E-state index in [-0.39, 0.29) is 0 Å². The van der Waals surface area contributed by atoms with Crippen LogP contribution in [0.25, 0.3) is 0 Å². The highest BCUT2D eigenvalue weighted by Crippen LogP contribution is 2.20. The third kappa shape index (κ3) is 5.01. The van der Waals surface area contributed by atoms with Crippen LogP contribution in [0.4, 0.5) is 0 Å². The van der Waals surface area contributed by atoms with E-state index in [0.29, 0.717) is 4.83 Å². The second kappa shape index (κ2) is 7.26. The Morgan fingerprint density at radius 1 is 1.40 bits per heavy atom. The van der Waals surface area contributed by atoms with Crippen molar-refractivity contribution in [2.75, 3.05) is 13.2 Å². The van der Waals surface area contributed by atoms with Crippen LogP contribution in [0.5, 0.6) is 0 Å². The van der Waals surface area contributed by atoms with Gasteiger partial charge in [-0.25, -0.2) is 0 Å². The molecular formula is C12H16BrClO. The summed E-state index contributed by atoms with van der Waals surface area (Å²) in [6, 6.07) is 7.97. The molecule has 1 atom stereocenters. The summed E-state index contributed by atoms with van der Waals surface area (Å²) >= 11 is 9.72. The fourth-order valence-electron chi connectivity index (χ4n) is 1.36. The van der Waals surface area contributed by atoms with E-state index in [1.54, 1.807) is 0 Å². The van der Waals surface area contributed by atoms with Gasteiger partial charge in [-0.3, -0.25) is 0 Å². The monoisotopic (exact) mass is 290 g/mol. The van der Waals surface area contributed by atoms with E-state index in [1.165, 1.54) is 5.56 Å². The standard InChI is InChI=1S/C12H16BrClO/c1-2-15-8-7-11(13)9-10-5-3-4-6-12(10)14/h3-6,11H,2,7-9H2,1H3. The van der Waals surface area contributed by atoms with Crippen molar-refractivity contribution in [2.45, 2.75) is 24.6 Å². The number of rotatable bonds is 6. The van der Waals surface area contributed by atoms with Crippen LogP contribution in [-0.4, -0.2) is 18.0 Å². The Hall–Kier alpha value is -0.0500. The van der Waals surface area contributed by atoms with Gasteiger partial charge in [0.1, 0.15) is 0 Å². The van der Waals surface area contributed by atoms with Crippen LogP contribution in [-0.2, 0) is 11.2 Å². The molecule has 1 aromatic carbocycles. The predicted octanol–water partition coefficient (Wildman–Crippen LogP) is 4.07. The average Bonchev–Trinajstić information content (AvgIpc) is 2.22. The number of ether oxygens (including phenoxy) is 1. The number of hydrogen-bond donors (Lipinski definition) is 0. The largest absolute Gasteiger partial charge is 0.382 e. The van der Waals surface area contributed by atoms with Gasteiger partial charge in [-0.05, 0) is 31.4 Å². The SMILES string of the molecule is CCOCCC(Br)Cc1ccccc1Cl. The number of alkyl halides is 1. The van der Waals surface area contributed by atoms with Crippen molar-refractivity contribution >= 4 is 27.5 Å². The van der Waals surface area contributed by atoms with E-state index in [0.717, 1.165) is 31.1 Å². The molecule has 1 aromatic rings. The van der Waals surface area contributed by atoms with Crippen molar-refractivity contribution in [3.8, 4) is 0 Å². The van der Waals surface area contributed by atoms with Crippen molar-refractivity contribution in [3.63, 3.8) is 0 Å². The summed E-state index contributed by atoms with van der Waals surface area (Å²) in [7, 11) is 0. The first kappa shape index (κ1) is 13.0. The molecule has 0 heterocycles. The second-order valence-electron chi connectivity index (χ2n) is 3.38. The third-order valence-electron chi connectivity index (χ3n) is 2.18. The molecular weight excluding hydrogens is 275 g/mol. The van der Waals surface area contributed by atoms with Crippen molar-refractivity contribution < 1.29 is 4.74 Å². The summed E-state index contributed by atoms with van der Waals surface area (Å²) in [5.74, 6) is 0. The Labute approximate surface area is 105 Å². The smallest absolute Gasteiger partial charge is 0.0476 e. The Morgan fingerprint density at radius 3 is 2.80 bits per heavy atom. The summed E-state index contributed by atoms with van der Waals surface area (Å²) in [5, 5.41) is 0.846. The molecule has 0 N–H and O–H groups in total. The number of benzene rings is 1. The minimum absolute atomic E-state index is 0.434. The minimum atomic E-state index is 0.434. The van der Waals surface area contributed by atoms with Gasteiger partial charge in [0.15, 0.2) is 0 Å². The van der Waals surface area contributed by atoms with Gasteiger partial charge in [-0.1, -0.05) is 45.7 Å². The summed E-state index contributed by atoms with van der Waals surface area (Å²) < 4.78 is 5.31. The maximum absolute atomic E-state index is 6.08. The van der Waals surface area contributed by atoms with Crippen LogP contribution in [0, 0.1) is 0 Å². The molecule has 1 unspecified atom stereocenters. The maximum atomic E-state index is 6.08. The molecule has 1 nitrogen and oxygen atoms in total. The first-order chi connectivity index (χ1) is 7.24. The van der Waals surface area contributed by atoms with Crippen molar-refractivity contribution in [1.29, 1.82) is 0 Å². The van der Waals surface area contributed by atoms with Gasteiger partial charge in [0.2, 0.25) is 0 Å². The molecule has 0 aliphatic carbocycles. The number of halogens is 2. The molecule has 0 spiro atoms. The second-order valence-corrected chi connectivity index (χ2v) is 5.08. The lowest BCUT2D eigenvalue weighted by Crippen LogP contribution is -2.07. The summed E-state index contributed by atoms with van der Waals surface area (Å²) in [4.78, 5) is 0.434. The highest BCUT2D eigenvalue weighted by atomic mass is 79.9. The van der Waals surface area contributed by atoms with Gasteiger partial charge in [0.05, 0.1) is 0 Å². The van der Waals surface area contributed by atoms with Gasteiger partial charge in [0.25, 0.3) is 0 Å². The van der Waals surface area contributed by atoms with E-state index >= 15 is 0 Å². The Kier molecular flexibility index (Phi) is 6.30. The lowest BCUT2D eigenvalue weighted by molar-refractivity contribution is 0.145. The summed E-state index contributed by atoms with van der Waals surface area (Å²) in [6.45, 7) is 3.60. The van der Waals surface area contributed by atoms with E-state index in [2.05, 4.69) is 22.0 Å². The zero-order valence-electron chi connectivity index (χ0n) is 8.88. The summed E-state index contributed by atoms with van der Waals surface area (Å²) in [5.41, 5.74) is 1.19. The topological polar surface area (TPSA) is 9.23 Å². The zero-order chi connectivity index (χ0) is 11.1. The molecule has 0 amide bonds. The lowest BCUT2D eigenvalue weighted by Gasteiger charge is -2.10. The molecule has 0 aromatic heterocycles. The molecule has 0 saturated heterocycles. The molecule has 0 saturated carbocycles. The Morgan fingerprint density at radius 2 is 2.13 bits per heavy atom. The van der Waals surface area contributed by atoms with E-state index in [1.807, 2.05) is 25.1 Å². The first-order valence-corrected chi connectivity index (χ1v) is 6.48. The molecule has 0 radical (unpaired) electrons. The molecule has 0 fully saturated rings. The van der Waals surface area contributed by atoms with Crippen LogP contribution >= 0.6 is 27.5 Å². The zero-order valence-corrected chi connectivity index (χ0v) is 11.2. The van der Waals surface area contributed by atoms with Crippen LogP contribution in [0.1, 0.15) is 18.9 Å². The van der Waals surface area contributed by atoms with E-state index < -0.39 is 0 Å². The van der Waals surface area contributed by atoms with Gasteiger partial charge in [0, 0.05) is 23.1 Å². The van der Waals surface area contributed by atoms with Crippen LogP contribution in [0.2, 0.25) is 5.02 Å².